The van der Waals surface area contributed by atoms with Crippen molar-refractivity contribution in [3.63, 3.8) is 0 Å². The number of aromatic nitrogens is 1. The molecule has 1 aliphatic heterocycles. The van der Waals surface area contributed by atoms with Crippen molar-refractivity contribution in [1.82, 2.24) is 4.98 Å². The molecular weight excluding hydrogens is 350 g/mol. The molecule has 1 aliphatic rings. The minimum atomic E-state index is -0.995. The Hall–Kier alpha value is -3.49. The molecule has 0 bridgehead atoms. The van der Waals surface area contributed by atoms with Crippen LogP contribution in [-0.4, -0.2) is 34.1 Å². The first-order valence-corrected chi connectivity index (χ1v) is 7.90. The lowest BCUT2D eigenvalue weighted by atomic mass is 10.1. The predicted octanol–water partition coefficient (Wildman–Crippen LogP) is 1.58. The molecule has 1 amide bonds. The van der Waals surface area contributed by atoms with Gasteiger partial charge < -0.3 is 26.4 Å². The van der Waals surface area contributed by atoms with Crippen molar-refractivity contribution >= 4 is 28.3 Å². The molecule has 0 aliphatic carbocycles. The van der Waals surface area contributed by atoms with Gasteiger partial charge in [-0.2, -0.15) is 0 Å². The van der Waals surface area contributed by atoms with Crippen molar-refractivity contribution in [2.45, 2.75) is 6.54 Å². The van der Waals surface area contributed by atoms with E-state index in [1.54, 1.807) is 12.3 Å². The Kier molecular flexibility index (Phi) is 6.42. The van der Waals surface area contributed by atoms with Crippen LogP contribution in [0.4, 0.5) is 5.69 Å². The zero-order valence-corrected chi connectivity index (χ0v) is 14.3. The Morgan fingerprint density at radius 3 is 2.63 bits per heavy atom. The molecular formula is C19H19N3O5. The van der Waals surface area contributed by atoms with Gasteiger partial charge in [0.1, 0.15) is 11.4 Å². The number of nitrogens with zero attached hydrogens (tertiary/aromatic N) is 1. The van der Waals surface area contributed by atoms with E-state index in [-0.39, 0.29) is 23.7 Å². The van der Waals surface area contributed by atoms with Crippen LogP contribution in [0.25, 0.3) is 10.8 Å². The lowest BCUT2D eigenvalue weighted by molar-refractivity contribution is -0.118. The van der Waals surface area contributed by atoms with Gasteiger partial charge >= 0.3 is 5.97 Å². The molecule has 8 heteroatoms. The van der Waals surface area contributed by atoms with Crippen molar-refractivity contribution in [3.8, 4) is 5.75 Å². The molecule has 4 rings (SSSR count). The van der Waals surface area contributed by atoms with E-state index in [9.17, 15) is 9.59 Å². The topological polar surface area (TPSA) is 146 Å². The summed E-state index contributed by atoms with van der Waals surface area (Å²) in [5.41, 5.74) is 7.23. The van der Waals surface area contributed by atoms with Gasteiger partial charge in [-0.3, -0.25) is 4.79 Å². The lowest BCUT2D eigenvalue weighted by Crippen LogP contribution is -2.25. The molecule has 2 heterocycles. The molecule has 0 saturated heterocycles. The second-order valence-corrected chi connectivity index (χ2v) is 5.59. The number of benzene rings is 2. The highest BCUT2D eigenvalue weighted by Crippen LogP contribution is 2.28. The van der Waals surface area contributed by atoms with E-state index in [1.807, 2.05) is 42.5 Å². The van der Waals surface area contributed by atoms with Gasteiger partial charge in [-0.25, -0.2) is 9.78 Å². The predicted molar refractivity (Wildman–Crippen MR) is 101 cm³/mol. The molecule has 2 aromatic carbocycles. The smallest absolute Gasteiger partial charge is 0.354 e. The number of ether oxygens (including phenoxy) is 1. The minimum absolute atomic E-state index is 0. The summed E-state index contributed by atoms with van der Waals surface area (Å²) in [6, 6.07) is 14.6. The number of carboxylic acids is 1. The summed E-state index contributed by atoms with van der Waals surface area (Å²) in [4.78, 5) is 25.3. The van der Waals surface area contributed by atoms with Crippen LogP contribution in [0.2, 0.25) is 0 Å². The van der Waals surface area contributed by atoms with Gasteiger partial charge in [0, 0.05) is 18.1 Å². The number of pyridine rings is 1. The number of hydrogen-bond donors (Lipinski definition) is 3. The van der Waals surface area contributed by atoms with Crippen molar-refractivity contribution in [2.75, 3.05) is 11.9 Å². The van der Waals surface area contributed by atoms with Crippen LogP contribution in [0.15, 0.2) is 54.7 Å². The number of carbonyl (C=O) groups excluding carboxylic acids is 1. The first-order chi connectivity index (χ1) is 12.6. The van der Waals surface area contributed by atoms with Gasteiger partial charge in [-0.1, -0.05) is 30.3 Å². The third-order valence-corrected chi connectivity index (χ3v) is 3.76. The summed E-state index contributed by atoms with van der Waals surface area (Å²) in [6.45, 7) is 0.554. The maximum atomic E-state index is 11.0. The first kappa shape index (κ1) is 19.8. The number of fused-ring (bicyclic) bond motifs is 2. The molecule has 6 N–H and O–H groups in total. The fraction of sp³-hybridized carbons (Fsp3) is 0.105. The zero-order chi connectivity index (χ0) is 18.5. The second-order valence-electron chi connectivity index (χ2n) is 5.59. The molecule has 0 saturated carbocycles. The number of rotatable bonds is 2. The summed E-state index contributed by atoms with van der Waals surface area (Å²) in [5.74, 6) is -0.413. The van der Waals surface area contributed by atoms with Crippen molar-refractivity contribution < 1.29 is 24.9 Å². The number of nitrogens with two attached hydrogens (primary N) is 1. The minimum Gasteiger partial charge on any atom is -0.482 e. The quantitative estimate of drug-likeness (QED) is 0.625. The highest BCUT2D eigenvalue weighted by molar-refractivity contribution is 5.95. The van der Waals surface area contributed by atoms with Crippen LogP contribution in [0, 0.1) is 0 Å². The Labute approximate surface area is 154 Å². The molecule has 0 atom stereocenters. The highest BCUT2D eigenvalue weighted by atomic mass is 16.5. The van der Waals surface area contributed by atoms with Gasteiger partial charge in [-0.05, 0) is 29.1 Å². The van der Waals surface area contributed by atoms with Gasteiger partial charge in [0.15, 0.2) is 6.61 Å². The van der Waals surface area contributed by atoms with Crippen LogP contribution < -0.4 is 15.8 Å². The third kappa shape index (κ3) is 4.78. The maximum Gasteiger partial charge on any atom is 0.354 e. The number of amides is 1. The summed E-state index contributed by atoms with van der Waals surface area (Å²) < 4.78 is 5.18. The van der Waals surface area contributed by atoms with Crippen molar-refractivity contribution in [3.05, 3.63) is 66.0 Å². The molecule has 8 nitrogen and oxygen atoms in total. The Morgan fingerprint density at radius 1 is 1.19 bits per heavy atom. The lowest BCUT2D eigenvalue weighted by Gasteiger charge is -2.18. The van der Waals surface area contributed by atoms with Gasteiger partial charge in [0.25, 0.3) is 5.91 Å². The van der Waals surface area contributed by atoms with Crippen LogP contribution in [0.3, 0.4) is 0 Å². The molecule has 1 aromatic heterocycles. The molecule has 0 spiro atoms. The van der Waals surface area contributed by atoms with Crippen LogP contribution in [0.1, 0.15) is 16.1 Å². The Bertz CT molecular complexity index is 974. The van der Waals surface area contributed by atoms with E-state index >= 15 is 0 Å². The van der Waals surface area contributed by atoms with Crippen molar-refractivity contribution in [2.24, 2.45) is 5.73 Å². The number of carbonyl (C=O) groups is 2. The molecule has 3 aromatic rings. The van der Waals surface area contributed by atoms with E-state index in [0.29, 0.717) is 18.0 Å². The normalized spacial score (nSPS) is 11.8. The molecule has 0 fully saturated rings. The maximum absolute atomic E-state index is 11.0. The van der Waals surface area contributed by atoms with Gasteiger partial charge in [0.05, 0.1) is 5.69 Å². The zero-order valence-electron chi connectivity index (χ0n) is 14.3. The summed E-state index contributed by atoms with van der Waals surface area (Å²) >= 11 is 0. The molecule has 140 valence electrons. The van der Waals surface area contributed by atoms with E-state index < -0.39 is 5.97 Å². The average molecular weight is 369 g/mol. The van der Waals surface area contributed by atoms with E-state index in [1.165, 1.54) is 0 Å². The monoisotopic (exact) mass is 369 g/mol. The summed E-state index contributed by atoms with van der Waals surface area (Å²) in [5, 5.41) is 13.2. The number of carboxylic acid groups (broad SMARTS) is 1. The Balaban J connectivity index is 0.000000187. The third-order valence-electron chi connectivity index (χ3n) is 3.76. The molecule has 0 unspecified atom stereocenters. The SMILES string of the molecule is NCc1ccc2c(c1)NC(=O)CO2.O.O=C(O)c1cc2ccccc2cn1. The highest BCUT2D eigenvalue weighted by Gasteiger charge is 2.15. The van der Waals surface area contributed by atoms with Crippen molar-refractivity contribution in [1.29, 1.82) is 0 Å². The van der Waals surface area contributed by atoms with E-state index in [4.69, 9.17) is 15.6 Å². The number of aromatic carboxylic acids is 1. The van der Waals surface area contributed by atoms with Crippen LogP contribution in [-0.2, 0) is 11.3 Å². The van der Waals surface area contributed by atoms with E-state index in [0.717, 1.165) is 16.3 Å². The number of hydrogen-bond acceptors (Lipinski definition) is 5. The van der Waals surface area contributed by atoms with Crippen LogP contribution >= 0.6 is 0 Å². The summed E-state index contributed by atoms with van der Waals surface area (Å²) in [7, 11) is 0. The average Bonchev–Trinajstić information content (AvgIpc) is 2.67. The second kappa shape index (κ2) is 8.75. The Morgan fingerprint density at radius 2 is 1.93 bits per heavy atom. The number of nitrogens with one attached hydrogen (secondary N) is 1. The molecule has 27 heavy (non-hydrogen) atoms. The largest absolute Gasteiger partial charge is 0.482 e. The fourth-order valence-corrected chi connectivity index (χ4v) is 2.46. The van der Waals surface area contributed by atoms with Gasteiger partial charge in [-0.15, -0.1) is 0 Å². The number of anilines is 1. The standard InChI is InChI=1S/C10H7NO2.C9H10N2O2.H2O/c12-10(13)9-5-7-3-1-2-4-8(7)6-11-9;10-4-6-1-2-8-7(3-6)11-9(12)5-13-8;/h1-6H,(H,12,13);1-3H,4-5,10H2,(H,11,12);1H2. The van der Waals surface area contributed by atoms with E-state index in [2.05, 4.69) is 10.3 Å². The summed E-state index contributed by atoms with van der Waals surface area (Å²) in [6.07, 6.45) is 1.57. The van der Waals surface area contributed by atoms with Gasteiger partial charge in [0.2, 0.25) is 0 Å². The fourth-order valence-electron chi connectivity index (χ4n) is 2.46. The molecule has 0 radical (unpaired) electrons. The first-order valence-electron chi connectivity index (χ1n) is 7.90. The van der Waals surface area contributed by atoms with Crippen LogP contribution in [0.5, 0.6) is 5.75 Å².